The van der Waals surface area contributed by atoms with Crippen LogP contribution in [0.3, 0.4) is 0 Å². The molecule has 3 aromatic carbocycles. The maximum Gasteiger partial charge on any atom is 0.243 e. The van der Waals surface area contributed by atoms with Crippen molar-refractivity contribution in [3.05, 3.63) is 94.6 Å². The maximum absolute atomic E-state index is 13.6. The lowest BCUT2D eigenvalue weighted by molar-refractivity contribution is 0.0363. The molecule has 0 saturated carbocycles. The van der Waals surface area contributed by atoms with Gasteiger partial charge in [0.15, 0.2) is 4.80 Å². The molecule has 0 unspecified atom stereocenters. The highest BCUT2D eigenvalue weighted by Crippen LogP contribution is 2.28. The highest BCUT2D eigenvalue weighted by Gasteiger charge is 2.29. The molecular weight excluding hydrogens is 593 g/mol. The molecule has 0 amide bonds. The van der Waals surface area contributed by atoms with Crippen LogP contribution in [0, 0.1) is 5.92 Å². The van der Waals surface area contributed by atoms with Gasteiger partial charge < -0.3 is 14.0 Å². The molecular formula is C34H40N4O4S2. The van der Waals surface area contributed by atoms with Gasteiger partial charge in [-0.3, -0.25) is 4.90 Å². The van der Waals surface area contributed by atoms with E-state index < -0.39 is 10.0 Å². The van der Waals surface area contributed by atoms with Crippen molar-refractivity contribution in [2.24, 2.45) is 10.9 Å². The van der Waals surface area contributed by atoms with Crippen molar-refractivity contribution in [3.8, 4) is 17.0 Å². The number of methoxy groups -OCH3 is 1. The summed E-state index contributed by atoms with van der Waals surface area (Å²) in [5.74, 6) is 1.30. The Bertz CT molecular complexity index is 1670. The Morgan fingerprint density at radius 3 is 2.27 bits per heavy atom. The van der Waals surface area contributed by atoms with Crippen LogP contribution < -0.4 is 9.54 Å². The summed E-state index contributed by atoms with van der Waals surface area (Å²) in [4.78, 5) is 8.61. The second-order valence-electron chi connectivity index (χ2n) is 11.4. The smallest absolute Gasteiger partial charge is 0.243 e. The zero-order chi connectivity index (χ0) is 30.4. The van der Waals surface area contributed by atoms with Gasteiger partial charge >= 0.3 is 0 Å². The third kappa shape index (κ3) is 7.33. The fourth-order valence-electron chi connectivity index (χ4n) is 5.95. The SMILES string of the molecule is COc1ccc(N=c2scc(-c3ccc(S(=O)(=O)N4CCC(Cc5ccccc5)CC4)cc3)n2CCN2CCOCC2)cc1. The highest BCUT2D eigenvalue weighted by molar-refractivity contribution is 7.89. The molecule has 6 rings (SSSR count). The van der Waals surface area contributed by atoms with Crippen molar-refractivity contribution >= 4 is 27.0 Å². The minimum Gasteiger partial charge on any atom is -0.497 e. The van der Waals surface area contributed by atoms with Gasteiger partial charge in [0.2, 0.25) is 10.0 Å². The molecule has 2 aliphatic heterocycles. The molecule has 0 radical (unpaired) electrons. The monoisotopic (exact) mass is 632 g/mol. The van der Waals surface area contributed by atoms with Crippen molar-refractivity contribution in [3.63, 3.8) is 0 Å². The van der Waals surface area contributed by atoms with Crippen LogP contribution in [0.1, 0.15) is 18.4 Å². The number of sulfonamides is 1. The van der Waals surface area contributed by atoms with Crippen LogP contribution in [0.4, 0.5) is 5.69 Å². The Balaban J connectivity index is 1.20. The minimum absolute atomic E-state index is 0.348. The van der Waals surface area contributed by atoms with Gasteiger partial charge in [-0.05, 0) is 72.7 Å². The summed E-state index contributed by atoms with van der Waals surface area (Å²) in [6, 6.07) is 25.6. The second-order valence-corrected chi connectivity index (χ2v) is 14.2. The average Bonchev–Trinajstić information content (AvgIpc) is 3.47. The fraction of sp³-hybridized carbons (Fsp3) is 0.382. The Morgan fingerprint density at radius 2 is 1.59 bits per heavy atom. The van der Waals surface area contributed by atoms with Gasteiger partial charge in [-0.2, -0.15) is 4.31 Å². The molecule has 232 valence electrons. The first-order chi connectivity index (χ1) is 21.5. The Kier molecular flexibility index (Phi) is 9.93. The second kappa shape index (κ2) is 14.2. The molecule has 0 bridgehead atoms. The average molecular weight is 633 g/mol. The number of hydrogen-bond acceptors (Lipinski definition) is 7. The van der Waals surface area contributed by atoms with Crippen molar-refractivity contribution in [1.82, 2.24) is 13.8 Å². The summed E-state index contributed by atoms with van der Waals surface area (Å²) in [6.07, 6.45) is 2.76. The Hall–Kier alpha value is -3.28. The van der Waals surface area contributed by atoms with E-state index in [-0.39, 0.29) is 0 Å². The van der Waals surface area contributed by atoms with Crippen LogP contribution in [0.25, 0.3) is 11.3 Å². The number of hydrogen-bond donors (Lipinski definition) is 0. The minimum atomic E-state index is -3.55. The molecule has 8 nitrogen and oxygen atoms in total. The number of benzene rings is 3. The van der Waals surface area contributed by atoms with E-state index in [9.17, 15) is 8.42 Å². The number of piperidine rings is 1. The standard InChI is InChI=1S/C34H40N4O4S2/c1-41-31-11-9-30(10-12-31)35-34-38(20-19-36-21-23-42-24-22-36)33(26-43-34)29-7-13-32(14-8-29)44(39,40)37-17-15-28(16-18-37)25-27-5-3-2-4-6-27/h2-14,26,28H,15-25H2,1H3. The van der Waals surface area contributed by atoms with E-state index in [1.165, 1.54) is 5.56 Å². The number of ether oxygens (including phenoxy) is 2. The summed E-state index contributed by atoms with van der Waals surface area (Å²) in [7, 11) is -1.90. The van der Waals surface area contributed by atoms with Crippen molar-refractivity contribution in [2.45, 2.75) is 30.7 Å². The Morgan fingerprint density at radius 1 is 0.886 bits per heavy atom. The van der Waals surface area contributed by atoms with Gasteiger partial charge in [-0.15, -0.1) is 11.3 Å². The van der Waals surface area contributed by atoms with Crippen LogP contribution in [0.15, 0.2) is 94.1 Å². The maximum atomic E-state index is 13.6. The van der Waals surface area contributed by atoms with Gasteiger partial charge in [0.25, 0.3) is 0 Å². The molecule has 2 fully saturated rings. The molecule has 0 atom stereocenters. The van der Waals surface area contributed by atoms with Crippen molar-refractivity contribution in [1.29, 1.82) is 0 Å². The third-order valence-electron chi connectivity index (χ3n) is 8.57. The van der Waals surface area contributed by atoms with Crippen LogP contribution in [0.2, 0.25) is 0 Å². The summed E-state index contributed by atoms with van der Waals surface area (Å²) in [6.45, 7) is 6.12. The first kappa shape index (κ1) is 30.7. The van der Waals surface area contributed by atoms with Crippen molar-refractivity contribution in [2.75, 3.05) is 53.0 Å². The molecule has 4 aromatic rings. The van der Waals surface area contributed by atoms with E-state index in [0.29, 0.717) is 23.9 Å². The van der Waals surface area contributed by atoms with Gasteiger partial charge in [-0.25, -0.2) is 13.4 Å². The van der Waals surface area contributed by atoms with Gasteiger partial charge in [-0.1, -0.05) is 42.5 Å². The van der Waals surface area contributed by atoms with Crippen LogP contribution in [-0.2, 0) is 27.7 Å². The van der Waals surface area contributed by atoms with E-state index in [1.54, 1.807) is 34.9 Å². The van der Waals surface area contributed by atoms with E-state index >= 15 is 0 Å². The predicted molar refractivity (Wildman–Crippen MR) is 175 cm³/mol. The number of nitrogens with zero attached hydrogens (tertiary/aromatic N) is 4. The van der Waals surface area contributed by atoms with Crippen LogP contribution >= 0.6 is 11.3 Å². The number of aromatic nitrogens is 1. The lowest BCUT2D eigenvalue weighted by Gasteiger charge is -2.31. The van der Waals surface area contributed by atoms with Crippen LogP contribution in [0.5, 0.6) is 5.75 Å². The number of rotatable bonds is 10. The molecule has 0 aliphatic carbocycles. The largest absolute Gasteiger partial charge is 0.497 e. The van der Waals surface area contributed by atoms with E-state index in [2.05, 4.69) is 39.1 Å². The molecule has 44 heavy (non-hydrogen) atoms. The van der Waals surface area contributed by atoms with E-state index in [1.807, 2.05) is 42.5 Å². The van der Waals surface area contributed by atoms with E-state index in [0.717, 1.165) is 86.2 Å². The normalized spacial score (nSPS) is 17.6. The lowest BCUT2D eigenvalue weighted by atomic mass is 9.91. The highest BCUT2D eigenvalue weighted by atomic mass is 32.2. The fourth-order valence-corrected chi connectivity index (χ4v) is 8.37. The Labute approximate surface area is 264 Å². The summed E-state index contributed by atoms with van der Waals surface area (Å²) < 4.78 is 41.9. The van der Waals surface area contributed by atoms with Gasteiger partial charge in [0, 0.05) is 44.6 Å². The van der Waals surface area contributed by atoms with Crippen LogP contribution in [-0.4, -0.2) is 75.2 Å². The van der Waals surface area contributed by atoms with Gasteiger partial charge in [0.05, 0.1) is 36.6 Å². The molecule has 10 heteroatoms. The van der Waals surface area contributed by atoms with Crippen molar-refractivity contribution < 1.29 is 17.9 Å². The third-order valence-corrected chi connectivity index (χ3v) is 11.3. The molecule has 2 saturated heterocycles. The topological polar surface area (TPSA) is 76.4 Å². The zero-order valence-electron chi connectivity index (χ0n) is 25.2. The first-order valence-corrected chi connectivity index (χ1v) is 17.6. The summed E-state index contributed by atoms with van der Waals surface area (Å²) >= 11 is 1.59. The molecule has 3 heterocycles. The number of thiazole rings is 1. The predicted octanol–water partition coefficient (Wildman–Crippen LogP) is 5.43. The molecule has 1 aromatic heterocycles. The summed E-state index contributed by atoms with van der Waals surface area (Å²) in [5, 5.41) is 2.11. The van der Waals surface area contributed by atoms with Gasteiger partial charge in [0.1, 0.15) is 5.75 Å². The summed E-state index contributed by atoms with van der Waals surface area (Å²) in [5.41, 5.74) is 4.18. The molecule has 2 aliphatic rings. The lowest BCUT2D eigenvalue weighted by Crippen LogP contribution is -2.39. The number of morpholine rings is 1. The first-order valence-electron chi connectivity index (χ1n) is 15.3. The van der Waals surface area contributed by atoms with E-state index in [4.69, 9.17) is 14.5 Å². The molecule has 0 spiro atoms. The molecule has 0 N–H and O–H groups in total. The zero-order valence-corrected chi connectivity index (χ0v) is 26.8. The quantitative estimate of drug-likeness (QED) is 0.233.